The Morgan fingerprint density at radius 3 is 1.73 bits per heavy atom. The van der Waals surface area contributed by atoms with Crippen molar-refractivity contribution in [1.29, 1.82) is 0 Å². The van der Waals surface area contributed by atoms with Crippen molar-refractivity contribution in [3.8, 4) is 22.3 Å². The Hall–Kier alpha value is -7.68. The molecule has 0 saturated carbocycles. The van der Waals surface area contributed by atoms with E-state index in [1.54, 1.807) is 0 Å². The largest absolute Gasteiger partial charge is 0.456 e. The summed E-state index contributed by atoms with van der Waals surface area (Å²) in [5, 5.41) is 7.00. The minimum absolute atomic E-state index is 0.522. The van der Waals surface area contributed by atoms with Crippen LogP contribution in [-0.2, 0) is 5.41 Å². The van der Waals surface area contributed by atoms with Gasteiger partial charge in [0.15, 0.2) is 0 Å². The van der Waals surface area contributed by atoms with Crippen molar-refractivity contribution in [3.63, 3.8) is 0 Å². The molecule has 2 heteroatoms. The first kappa shape index (κ1) is 33.5. The van der Waals surface area contributed by atoms with Crippen LogP contribution >= 0.6 is 0 Å². The number of furan rings is 1. The van der Waals surface area contributed by atoms with Crippen LogP contribution in [0.2, 0.25) is 0 Å². The van der Waals surface area contributed by atoms with Gasteiger partial charge in [0.25, 0.3) is 0 Å². The summed E-state index contributed by atoms with van der Waals surface area (Å²) in [5.74, 6) is 0. The van der Waals surface area contributed by atoms with Crippen molar-refractivity contribution in [2.24, 2.45) is 0 Å². The molecule has 0 N–H and O–H groups in total. The highest BCUT2D eigenvalue weighted by atomic mass is 16.3. The average Bonchev–Trinajstić information content (AvgIpc) is 3.81. The molecular formula is C57H37NO. The maximum atomic E-state index is 6.47. The van der Waals surface area contributed by atoms with Crippen LogP contribution in [0, 0.1) is 0 Å². The fraction of sp³-hybridized carbons (Fsp3) is 0.0175. The summed E-state index contributed by atoms with van der Waals surface area (Å²) in [5.41, 5.74) is 14.5. The SMILES string of the molecule is c1ccc(C2(c3ccccc3)c3ccccc3-c3ccc(N(c4ccccc4-c4ccc5oc6cc7ccccc7cc6c5c4)c4cccc5ccccc45)cc32)cc1. The molecule has 0 atom stereocenters. The van der Waals surface area contributed by atoms with Crippen LogP contribution in [0.4, 0.5) is 17.1 Å². The second-order valence-corrected chi connectivity index (χ2v) is 15.6. The van der Waals surface area contributed by atoms with Crippen LogP contribution in [0.3, 0.4) is 0 Å². The predicted molar refractivity (Wildman–Crippen MR) is 246 cm³/mol. The molecule has 10 aromatic carbocycles. The van der Waals surface area contributed by atoms with E-state index in [4.69, 9.17) is 4.42 Å². The summed E-state index contributed by atoms with van der Waals surface area (Å²) in [4.78, 5) is 2.48. The van der Waals surface area contributed by atoms with Gasteiger partial charge in [-0.3, -0.25) is 0 Å². The summed E-state index contributed by atoms with van der Waals surface area (Å²) in [6, 6.07) is 82.0. The quantitative estimate of drug-likeness (QED) is 0.168. The number of nitrogens with zero attached hydrogens (tertiary/aromatic N) is 1. The monoisotopic (exact) mass is 751 g/mol. The molecule has 1 aliphatic carbocycles. The first-order chi connectivity index (χ1) is 29.3. The van der Waals surface area contributed by atoms with E-state index in [9.17, 15) is 0 Å². The molecule has 12 rings (SSSR count). The van der Waals surface area contributed by atoms with E-state index in [0.717, 1.165) is 50.1 Å². The zero-order valence-electron chi connectivity index (χ0n) is 32.2. The molecule has 1 aromatic heterocycles. The molecule has 0 saturated heterocycles. The van der Waals surface area contributed by atoms with Crippen molar-refractivity contribution in [3.05, 3.63) is 247 Å². The molecular weight excluding hydrogens is 715 g/mol. The Kier molecular flexibility index (Phi) is 7.48. The lowest BCUT2D eigenvalue weighted by Crippen LogP contribution is -2.28. The molecule has 0 amide bonds. The van der Waals surface area contributed by atoms with Crippen LogP contribution in [0.5, 0.6) is 0 Å². The Morgan fingerprint density at radius 2 is 0.932 bits per heavy atom. The lowest BCUT2D eigenvalue weighted by atomic mass is 9.67. The van der Waals surface area contributed by atoms with E-state index >= 15 is 0 Å². The highest BCUT2D eigenvalue weighted by molar-refractivity contribution is 6.11. The highest BCUT2D eigenvalue weighted by Crippen LogP contribution is 2.57. The van der Waals surface area contributed by atoms with E-state index in [1.807, 2.05) is 0 Å². The summed E-state index contributed by atoms with van der Waals surface area (Å²) in [6.45, 7) is 0. The first-order valence-electron chi connectivity index (χ1n) is 20.3. The molecule has 0 bridgehead atoms. The van der Waals surface area contributed by atoms with Gasteiger partial charge in [-0.2, -0.15) is 0 Å². The highest BCUT2D eigenvalue weighted by Gasteiger charge is 2.46. The Labute approximate surface area is 342 Å². The topological polar surface area (TPSA) is 16.4 Å². The minimum atomic E-state index is -0.522. The van der Waals surface area contributed by atoms with Crippen LogP contribution in [0.15, 0.2) is 229 Å². The molecule has 276 valence electrons. The summed E-state index contributed by atoms with van der Waals surface area (Å²) >= 11 is 0. The summed E-state index contributed by atoms with van der Waals surface area (Å²) in [7, 11) is 0. The molecule has 0 fully saturated rings. The van der Waals surface area contributed by atoms with Crippen LogP contribution in [-0.4, -0.2) is 0 Å². The van der Waals surface area contributed by atoms with Gasteiger partial charge in [-0.25, -0.2) is 0 Å². The zero-order chi connectivity index (χ0) is 38.9. The molecule has 0 radical (unpaired) electrons. The van der Waals surface area contributed by atoms with Crippen molar-refractivity contribution >= 4 is 60.5 Å². The van der Waals surface area contributed by atoms with E-state index < -0.39 is 5.41 Å². The molecule has 1 aliphatic rings. The number of hydrogen-bond donors (Lipinski definition) is 0. The van der Waals surface area contributed by atoms with E-state index in [1.165, 1.54) is 54.9 Å². The van der Waals surface area contributed by atoms with Gasteiger partial charge in [-0.05, 0) is 104 Å². The van der Waals surface area contributed by atoms with E-state index in [2.05, 4.69) is 229 Å². The third-order valence-electron chi connectivity index (χ3n) is 12.5. The van der Waals surface area contributed by atoms with Crippen molar-refractivity contribution in [2.45, 2.75) is 5.41 Å². The summed E-state index contributed by atoms with van der Waals surface area (Å²) < 4.78 is 6.47. The zero-order valence-corrected chi connectivity index (χ0v) is 32.2. The smallest absolute Gasteiger partial charge is 0.136 e. The van der Waals surface area contributed by atoms with Gasteiger partial charge in [0.2, 0.25) is 0 Å². The minimum Gasteiger partial charge on any atom is -0.456 e. The van der Waals surface area contributed by atoms with Gasteiger partial charge in [-0.15, -0.1) is 0 Å². The molecule has 11 aromatic rings. The van der Waals surface area contributed by atoms with Gasteiger partial charge in [-0.1, -0.05) is 176 Å². The predicted octanol–water partition coefficient (Wildman–Crippen LogP) is 15.4. The number of hydrogen-bond acceptors (Lipinski definition) is 2. The molecule has 1 heterocycles. The third-order valence-corrected chi connectivity index (χ3v) is 12.5. The van der Waals surface area contributed by atoms with Gasteiger partial charge in [0, 0.05) is 27.4 Å². The third kappa shape index (κ3) is 5.06. The van der Waals surface area contributed by atoms with E-state index in [-0.39, 0.29) is 0 Å². The van der Waals surface area contributed by atoms with Crippen molar-refractivity contribution in [1.82, 2.24) is 0 Å². The average molecular weight is 752 g/mol. The maximum Gasteiger partial charge on any atom is 0.136 e. The Balaban J connectivity index is 1.13. The molecule has 59 heavy (non-hydrogen) atoms. The lowest BCUT2D eigenvalue weighted by Gasteiger charge is -2.35. The van der Waals surface area contributed by atoms with Gasteiger partial charge >= 0.3 is 0 Å². The Morgan fingerprint density at radius 1 is 0.339 bits per heavy atom. The molecule has 0 unspecified atom stereocenters. The number of rotatable bonds is 6. The standard InChI is InChI=1S/C57H37NO/c1-3-20-42(21-4-1)57(43-22-5-2-6-23-43)51-27-13-11-26-47(51)48-32-31-44(37-52(48)57)58(54-29-15-19-38-16-9-10-24-45(38)54)53-28-14-12-25-46(53)41-30-33-55-49(35-41)50-34-39-17-7-8-18-40(39)36-56(50)59-55/h1-37H. The number of para-hydroxylation sites is 1. The normalized spacial score (nSPS) is 12.9. The Bertz CT molecular complexity index is 3350. The lowest BCUT2D eigenvalue weighted by molar-refractivity contribution is 0.669. The first-order valence-corrected chi connectivity index (χ1v) is 20.3. The van der Waals surface area contributed by atoms with Crippen LogP contribution in [0.1, 0.15) is 22.3 Å². The van der Waals surface area contributed by atoms with Gasteiger partial charge < -0.3 is 9.32 Å². The van der Waals surface area contributed by atoms with Crippen molar-refractivity contribution in [2.75, 3.05) is 4.90 Å². The van der Waals surface area contributed by atoms with Crippen LogP contribution in [0.25, 0.3) is 65.7 Å². The number of benzene rings is 10. The van der Waals surface area contributed by atoms with Crippen LogP contribution < -0.4 is 4.90 Å². The van der Waals surface area contributed by atoms with E-state index in [0.29, 0.717) is 0 Å². The molecule has 0 spiro atoms. The number of fused-ring (bicyclic) bond motifs is 8. The molecule has 2 nitrogen and oxygen atoms in total. The number of anilines is 3. The second kappa shape index (κ2) is 13.2. The fourth-order valence-corrected chi connectivity index (χ4v) is 9.93. The maximum absolute atomic E-state index is 6.47. The molecule has 0 aliphatic heterocycles. The van der Waals surface area contributed by atoms with Gasteiger partial charge in [0.1, 0.15) is 11.2 Å². The van der Waals surface area contributed by atoms with Crippen molar-refractivity contribution < 1.29 is 4.42 Å². The van der Waals surface area contributed by atoms with Gasteiger partial charge in [0.05, 0.1) is 16.8 Å². The summed E-state index contributed by atoms with van der Waals surface area (Å²) in [6.07, 6.45) is 0. The fourth-order valence-electron chi connectivity index (χ4n) is 9.93. The second-order valence-electron chi connectivity index (χ2n) is 15.6.